The highest BCUT2D eigenvalue weighted by Crippen LogP contribution is 2.22. The van der Waals surface area contributed by atoms with Crippen molar-refractivity contribution in [1.82, 2.24) is 31.2 Å². The molecule has 56 heavy (non-hydrogen) atoms. The zero-order chi connectivity index (χ0) is 42.3. The van der Waals surface area contributed by atoms with E-state index in [1.807, 2.05) is 17.0 Å². The Morgan fingerprint density at radius 1 is 0.804 bits per heavy atom. The van der Waals surface area contributed by atoms with Gasteiger partial charge < -0.3 is 64.4 Å². The van der Waals surface area contributed by atoms with E-state index >= 15 is 0 Å². The molecule has 1 atom stereocenters. The van der Waals surface area contributed by atoms with Crippen molar-refractivity contribution in [3.05, 3.63) is 46.5 Å². The fraction of sp³-hybridized carbons (Fsp3) is 0.321. The number of aliphatic hydroxyl groups is 1. The van der Waals surface area contributed by atoms with Crippen LogP contribution in [0.1, 0.15) is 11.4 Å². The van der Waals surface area contributed by atoms with Crippen molar-refractivity contribution in [2.75, 3.05) is 37.7 Å². The second-order valence-electron chi connectivity index (χ2n) is 9.58. The topological polar surface area (TPSA) is 408 Å². The van der Waals surface area contributed by atoms with E-state index in [0.29, 0.717) is 58.5 Å². The van der Waals surface area contributed by atoms with Crippen molar-refractivity contribution in [3.8, 4) is 6.19 Å². The maximum Gasteiger partial charge on any atom is 0.328 e. The number of aliphatic hydroxyl groups excluding tert-OH is 1. The minimum absolute atomic E-state index is 0.0121. The first kappa shape index (κ1) is 50.3. The summed E-state index contributed by atoms with van der Waals surface area (Å²) < 4.78 is 0. The third kappa shape index (κ3) is 30.7. The van der Waals surface area contributed by atoms with Crippen molar-refractivity contribution in [3.63, 3.8) is 0 Å². The number of hydrogen-bond donors (Lipinski definition) is 13. The van der Waals surface area contributed by atoms with Crippen LogP contribution in [-0.2, 0) is 30.7 Å². The van der Waals surface area contributed by atoms with Crippen molar-refractivity contribution < 1.29 is 44.7 Å². The fourth-order valence-corrected chi connectivity index (χ4v) is 6.20. The lowest BCUT2D eigenvalue weighted by molar-refractivity contribution is -0.134. The number of aromatic nitrogens is 2. The summed E-state index contributed by atoms with van der Waals surface area (Å²) in [6.45, 7) is 1.49. The summed E-state index contributed by atoms with van der Waals surface area (Å²) in [6, 6.07) is 0. The number of aliphatic carboxylic acids is 4. The average Bonchev–Trinajstić information content (AvgIpc) is 3.76. The number of nitrogens with one attached hydrogen (secondary N) is 4. The van der Waals surface area contributed by atoms with E-state index in [1.54, 1.807) is 23.5 Å². The highest BCUT2D eigenvalue weighted by atomic mass is 32.2. The molecule has 28 heteroatoms. The van der Waals surface area contributed by atoms with Crippen LogP contribution in [0.25, 0.3) is 0 Å². The minimum atomic E-state index is -1.26. The molecule has 0 amide bonds. The van der Waals surface area contributed by atoms with E-state index < -0.39 is 30.0 Å². The Hall–Kier alpha value is -5.73. The third-order valence-corrected chi connectivity index (χ3v) is 8.81. The number of thiocarbonyl (C=S) groups is 1. The summed E-state index contributed by atoms with van der Waals surface area (Å²) in [7, 11) is 0. The van der Waals surface area contributed by atoms with Gasteiger partial charge in [0.15, 0.2) is 23.2 Å². The molecule has 0 saturated carbocycles. The number of carboxylic acid groups (broad SMARTS) is 4. The highest BCUT2D eigenvalue weighted by Gasteiger charge is 2.07. The maximum atomic E-state index is 10.2. The van der Waals surface area contributed by atoms with Crippen LogP contribution >= 0.6 is 58.4 Å². The second kappa shape index (κ2) is 30.6. The fourth-order valence-electron chi connectivity index (χ4n) is 2.89. The summed E-state index contributed by atoms with van der Waals surface area (Å²) in [5.74, 6) is -1.80. The monoisotopic (exact) mass is 876 g/mol. The number of aliphatic imine (C=N–C) groups is 3. The maximum absolute atomic E-state index is 10.2. The average molecular weight is 877 g/mol. The van der Waals surface area contributed by atoms with Crippen molar-refractivity contribution in [1.29, 1.82) is 5.26 Å². The molecule has 23 nitrogen and oxygen atoms in total. The van der Waals surface area contributed by atoms with Crippen LogP contribution in [0.15, 0.2) is 50.0 Å². The zero-order valence-corrected chi connectivity index (χ0v) is 33.2. The van der Waals surface area contributed by atoms with Crippen molar-refractivity contribution in [2.45, 2.75) is 17.6 Å². The first-order valence-electron chi connectivity index (χ1n) is 15.1. The summed E-state index contributed by atoms with van der Waals surface area (Å²) in [5, 5.41) is 67.4. The number of hydrogen-bond acceptors (Lipinski definition) is 16. The Morgan fingerprint density at radius 2 is 1.23 bits per heavy atom. The molecule has 2 rings (SSSR count). The van der Waals surface area contributed by atoms with Gasteiger partial charge in [-0.2, -0.15) is 38.8 Å². The van der Waals surface area contributed by atoms with Gasteiger partial charge in [0.2, 0.25) is 16.2 Å². The molecule has 0 saturated heterocycles. The predicted octanol–water partition coefficient (Wildman–Crippen LogP) is -1.16. The first-order chi connectivity index (χ1) is 26.5. The van der Waals surface area contributed by atoms with Crippen LogP contribution in [0, 0.1) is 11.5 Å². The van der Waals surface area contributed by atoms with Crippen molar-refractivity contribution >= 4 is 116 Å². The summed E-state index contributed by atoms with van der Waals surface area (Å²) in [4.78, 5) is 59.0. The van der Waals surface area contributed by atoms with E-state index in [9.17, 15) is 24.3 Å². The molecule has 306 valence electrons. The lowest BCUT2D eigenvalue weighted by atomic mass is 10.3. The first-order valence-corrected chi connectivity index (χ1v) is 19.6. The van der Waals surface area contributed by atoms with Gasteiger partial charge in [0.25, 0.3) is 0 Å². The van der Waals surface area contributed by atoms with Crippen LogP contribution < -0.4 is 44.2 Å². The van der Waals surface area contributed by atoms with Gasteiger partial charge in [-0.3, -0.25) is 5.32 Å². The lowest BCUT2D eigenvalue weighted by Crippen LogP contribution is -2.42. The summed E-state index contributed by atoms with van der Waals surface area (Å²) in [5.41, 5.74) is 23.2. The molecule has 17 N–H and O–H groups in total. The van der Waals surface area contributed by atoms with E-state index in [2.05, 4.69) is 46.2 Å². The van der Waals surface area contributed by atoms with E-state index in [0.717, 1.165) is 28.6 Å². The smallest absolute Gasteiger partial charge is 0.328 e. The highest BCUT2D eigenvalue weighted by molar-refractivity contribution is 7.98. The Kier molecular flexibility index (Phi) is 27.5. The number of rotatable bonds is 20. The molecular weight excluding hydrogens is 837 g/mol. The normalized spacial score (nSPS) is 11.0. The molecular formula is C28H40N14O9S5. The number of thioether (sulfide) groups is 2. The molecule has 1 unspecified atom stereocenters. The summed E-state index contributed by atoms with van der Waals surface area (Å²) in [6.07, 6.45) is 3.27. The number of thiazole rings is 2. The van der Waals surface area contributed by atoms with Crippen LogP contribution in [0.4, 0.5) is 10.3 Å². The molecule has 0 fully saturated rings. The molecule has 0 aliphatic heterocycles. The summed E-state index contributed by atoms with van der Waals surface area (Å²) >= 11 is 11.4. The zero-order valence-electron chi connectivity index (χ0n) is 29.1. The predicted molar refractivity (Wildman–Crippen MR) is 220 cm³/mol. The Labute approximate surface area is 341 Å². The Bertz CT molecular complexity index is 1690. The number of nitriles is 1. The van der Waals surface area contributed by atoms with Crippen LogP contribution in [-0.4, -0.2) is 126 Å². The lowest BCUT2D eigenvalue weighted by Gasteiger charge is -2.14. The largest absolute Gasteiger partial charge is 0.478 e. The SMILES string of the molecule is N#CNC(=NCC(O)CNC(=S)NCCSCc1csc(N=C(N)N)n1)NCCSCc1csc(N=C(N)N)n1.O=C(O)/C=C\C(=O)O.O=C(O)/C=C\C(=O)O. The number of nitrogens with zero attached hydrogens (tertiary/aromatic N) is 6. The van der Waals surface area contributed by atoms with Gasteiger partial charge >= 0.3 is 23.9 Å². The van der Waals surface area contributed by atoms with Gasteiger partial charge in [0, 0.05) is 77.7 Å². The van der Waals surface area contributed by atoms with Crippen LogP contribution in [0.2, 0.25) is 0 Å². The molecule has 2 aromatic rings. The van der Waals surface area contributed by atoms with E-state index in [4.69, 9.17) is 60.8 Å². The molecule has 0 aliphatic carbocycles. The quantitative estimate of drug-likeness (QED) is 0.0142. The van der Waals surface area contributed by atoms with Crippen LogP contribution in [0.5, 0.6) is 0 Å². The molecule has 0 spiro atoms. The molecule has 0 bridgehead atoms. The number of guanidine groups is 3. The Balaban J connectivity index is 0.00000157. The van der Waals surface area contributed by atoms with E-state index in [-0.39, 0.29) is 31.0 Å². The number of carboxylic acids is 4. The van der Waals surface area contributed by atoms with Gasteiger partial charge in [-0.1, -0.05) is 0 Å². The Morgan fingerprint density at radius 3 is 1.62 bits per heavy atom. The van der Waals surface area contributed by atoms with Gasteiger partial charge in [-0.25, -0.2) is 34.1 Å². The molecule has 0 aromatic carbocycles. The van der Waals surface area contributed by atoms with E-state index in [1.165, 1.54) is 22.7 Å². The number of carbonyl (C=O) groups is 4. The van der Waals surface area contributed by atoms with Gasteiger partial charge in [-0.15, -0.1) is 22.7 Å². The molecule has 0 radical (unpaired) electrons. The second-order valence-corrected chi connectivity index (χ2v) is 13.9. The third-order valence-electron chi connectivity index (χ3n) is 4.97. The number of nitrogens with two attached hydrogens (primary N) is 4. The molecule has 2 heterocycles. The molecule has 2 aromatic heterocycles. The molecule has 0 aliphatic rings. The van der Waals surface area contributed by atoms with Gasteiger partial charge in [0.05, 0.1) is 24.0 Å². The van der Waals surface area contributed by atoms with Crippen LogP contribution in [0.3, 0.4) is 0 Å². The van der Waals surface area contributed by atoms with Gasteiger partial charge in [0.1, 0.15) is 0 Å². The minimum Gasteiger partial charge on any atom is -0.478 e. The van der Waals surface area contributed by atoms with Gasteiger partial charge in [-0.05, 0) is 12.2 Å². The standard InChI is InChI=1S/C20H32N14OS5.2C4H4O4/c21-11-30-17(26-1-3-37-7-12-9-39-19(31-12)33-15(22)23)28-5-14(35)6-29-18(36)27-2-4-38-8-13-10-40-20(32-13)34-16(24)25;2*5-3(6)1-2-4(7)8/h9-10,14,35H,1-8H2,(H2,26,28,30)(H2,27,29,36)(H4,22,23,31,33)(H4,24,25,32,34);2*1-2H,(H,5,6)(H,7,8)/b;2*2-1-. The van der Waals surface area contributed by atoms with Crippen molar-refractivity contribution in [2.24, 2.45) is 37.9 Å².